The zero-order valence-corrected chi connectivity index (χ0v) is 19.9. The molecular weight excluding hydrogens is 487 g/mol. The van der Waals surface area contributed by atoms with E-state index < -0.39 is 17.4 Å². The third kappa shape index (κ3) is 4.94. The van der Waals surface area contributed by atoms with Gasteiger partial charge >= 0.3 is 11.9 Å². The fourth-order valence-electron chi connectivity index (χ4n) is 2.51. The Morgan fingerprint density at radius 2 is 1.70 bits per heavy atom. The molecule has 0 bridgehead atoms. The largest absolute Gasteiger partial charge is 0.478 e. The van der Waals surface area contributed by atoms with E-state index in [0.717, 1.165) is 17.6 Å². The number of aromatic carboxylic acids is 2. The number of carbonyl (C=O) groups is 2. The summed E-state index contributed by atoms with van der Waals surface area (Å²) in [5, 5.41) is 31.6. The third-order valence-corrected chi connectivity index (χ3v) is 4.40. The summed E-state index contributed by atoms with van der Waals surface area (Å²) in [6.07, 6.45) is 1.35. The molecule has 0 aliphatic heterocycles. The number of rotatable bonds is 5. The second-order valence-corrected chi connectivity index (χ2v) is 7.81. The molecule has 13 heteroatoms. The number of nitrogens with zero attached hydrogens (tertiary/aromatic N) is 6. The van der Waals surface area contributed by atoms with Gasteiger partial charge in [0, 0.05) is 49.7 Å². The molecule has 153 valence electrons. The summed E-state index contributed by atoms with van der Waals surface area (Å²) in [4.78, 5) is 26.7. The van der Waals surface area contributed by atoms with Crippen LogP contribution >= 0.6 is 11.5 Å². The molecule has 2 heterocycles. The van der Waals surface area contributed by atoms with E-state index in [-0.39, 0.29) is 61.0 Å². The molecule has 3 rings (SSSR count). The van der Waals surface area contributed by atoms with Crippen LogP contribution in [-0.2, 0) is 38.1 Å². The van der Waals surface area contributed by atoms with E-state index in [1.807, 2.05) is 20.8 Å². The molecule has 0 unspecified atom stereocenters. The zero-order valence-electron chi connectivity index (χ0n) is 16.3. The van der Waals surface area contributed by atoms with Crippen LogP contribution < -0.4 is 5.73 Å². The molecule has 0 atom stereocenters. The molecule has 30 heavy (non-hydrogen) atoms. The topological polar surface area (TPSA) is 169 Å². The van der Waals surface area contributed by atoms with Crippen molar-refractivity contribution in [2.45, 2.75) is 26.2 Å². The van der Waals surface area contributed by atoms with Crippen molar-refractivity contribution in [1.29, 1.82) is 0 Å². The average Bonchev–Trinajstić information content (AvgIpc) is 3.26. The molecule has 3 aromatic rings. The molecule has 4 N–H and O–H groups in total. The van der Waals surface area contributed by atoms with Gasteiger partial charge in [0.15, 0.2) is 11.5 Å². The number of carboxylic acid groups (broad SMARTS) is 2. The minimum Gasteiger partial charge on any atom is -0.478 e. The summed E-state index contributed by atoms with van der Waals surface area (Å²) in [7, 11) is 0. The van der Waals surface area contributed by atoms with E-state index >= 15 is 0 Å². The first-order chi connectivity index (χ1) is 13.6. The SMILES string of the molecule is CC(C)(C)c1nn(-c2cc(C(=O)O)cc(C(=O)O)c2)c(N)c1N=Nc1ncns1.[Y]. The molecule has 11 nitrogen and oxygen atoms in total. The Labute approximate surface area is 200 Å². The second kappa shape index (κ2) is 9.06. The maximum atomic E-state index is 11.4. The molecule has 0 aliphatic rings. The molecule has 0 saturated heterocycles. The number of carboxylic acids is 2. The fraction of sp³-hybridized carbons (Fsp3) is 0.235. The van der Waals surface area contributed by atoms with Gasteiger partial charge in [0.25, 0.3) is 0 Å². The number of benzene rings is 1. The van der Waals surface area contributed by atoms with E-state index in [4.69, 9.17) is 5.73 Å². The van der Waals surface area contributed by atoms with Crippen molar-refractivity contribution in [1.82, 2.24) is 19.1 Å². The summed E-state index contributed by atoms with van der Waals surface area (Å²) in [6.45, 7) is 5.71. The zero-order chi connectivity index (χ0) is 21.3. The number of azo groups is 1. The minimum atomic E-state index is -1.27. The Balaban J connectivity index is 0.00000320. The standard InChI is InChI=1S/C17H17N7O4S.Y/c1-17(2,3)12-11(21-22-16-19-7-20-29-16)13(18)24(23-12)10-5-8(14(25)26)4-9(6-10)15(27)28;/h4-7H,18H2,1-3H3,(H,25,26)(H,27,28);. The minimum absolute atomic E-state index is 0. The summed E-state index contributed by atoms with van der Waals surface area (Å²) < 4.78 is 5.10. The maximum absolute atomic E-state index is 11.4. The first-order valence-corrected chi connectivity index (χ1v) is 9.04. The average molecular weight is 504 g/mol. The van der Waals surface area contributed by atoms with Crippen LogP contribution in [0.5, 0.6) is 0 Å². The van der Waals surface area contributed by atoms with Gasteiger partial charge in [-0.15, -0.1) is 10.2 Å². The Morgan fingerprint density at radius 3 is 2.17 bits per heavy atom. The molecular formula is C17H17N7O4SY. The van der Waals surface area contributed by atoms with Gasteiger partial charge in [-0.3, -0.25) is 0 Å². The van der Waals surface area contributed by atoms with Crippen LogP contribution in [0, 0.1) is 0 Å². The summed E-state index contributed by atoms with van der Waals surface area (Å²) in [5.74, 6) is -2.46. The molecule has 0 aliphatic carbocycles. The number of nitrogens with two attached hydrogens (primary N) is 1. The van der Waals surface area contributed by atoms with E-state index in [2.05, 4.69) is 24.7 Å². The van der Waals surface area contributed by atoms with E-state index in [1.54, 1.807) is 0 Å². The van der Waals surface area contributed by atoms with Gasteiger partial charge in [-0.25, -0.2) is 19.3 Å². The van der Waals surface area contributed by atoms with Crippen molar-refractivity contribution in [3.05, 3.63) is 41.3 Å². The predicted molar refractivity (Wildman–Crippen MR) is 105 cm³/mol. The van der Waals surface area contributed by atoms with Crippen molar-refractivity contribution in [3.8, 4) is 5.69 Å². The molecule has 0 saturated carbocycles. The van der Waals surface area contributed by atoms with Crippen molar-refractivity contribution in [2.75, 3.05) is 5.73 Å². The van der Waals surface area contributed by atoms with Crippen molar-refractivity contribution in [2.24, 2.45) is 10.2 Å². The summed E-state index contributed by atoms with van der Waals surface area (Å²) >= 11 is 1.05. The molecule has 0 spiro atoms. The van der Waals surface area contributed by atoms with Gasteiger partial charge in [0.2, 0.25) is 5.13 Å². The Kier molecular flexibility index (Phi) is 7.16. The summed E-state index contributed by atoms with van der Waals surface area (Å²) in [5.41, 5.74) is 6.32. The van der Waals surface area contributed by atoms with Gasteiger partial charge in [-0.2, -0.15) is 9.47 Å². The van der Waals surface area contributed by atoms with E-state index in [9.17, 15) is 19.8 Å². The van der Waals surface area contributed by atoms with Crippen LogP contribution in [0.3, 0.4) is 0 Å². The van der Waals surface area contributed by atoms with Crippen LogP contribution in [0.2, 0.25) is 0 Å². The van der Waals surface area contributed by atoms with Gasteiger partial charge in [-0.05, 0) is 18.2 Å². The smallest absolute Gasteiger partial charge is 0.335 e. The number of aromatic nitrogens is 4. The Morgan fingerprint density at radius 1 is 1.10 bits per heavy atom. The van der Waals surface area contributed by atoms with Crippen LogP contribution in [-0.4, -0.2) is 41.3 Å². The number of hydrogen-bond acceptors (Lipinski definition) is 9. The Hall–Kier alpha value is -2.57. The molecule has 2 aromatic heterocycles. The molecule has 1 radical (unpaired) electrons. The van der Waals surface area contributed by atoms with Gasteiger partial charge < -0.3 is 15.9 Å². The van der Waals surface area contributed by atoms with Gasteiger partial charge in [-0.1, -0.05) is 20.8 Å². The molecule has 1 aromatic carbocycles. The quantitative estimate of drug-likeness (QED) is 0.444. The maximum Gasteiger partial charge on any atom is 0.335 e. The van der Waals surface area contributed by atoms with E-state index in [0.29, 0.717) is 10.8 Å². The van der Waals surface area contributed by atoms with E-state index in [1.165, 1.54) is 23.1 Å². The van der Waals surface area contributed by atoms with Crippen LogP contribution in [0.15, 0.2) is 34.8 Å². The second-order valence-electron chi connectivity index (χ2n) is 7.05. The molecule has 0 fully saturated rings. The predicted octanol–water partition coefficient (Wildman–Crippen LogP) is 3.41. The van der Waals surface area contributed by atoms with Crippen LogP contribution in [0.1, 0.15) is 47.2 Å². The third-order valence-electron chi connectivity index (χ3n) is 3.85. The first-order valence-electron chi connectivity index (χ1n) is 8.27. The molecule has 0 amide bonds. The number of anilines is 1. The number of nitrogen functional groups attached to an aromatic ring is 1. The van der Waals surface area contributed by atoms with Gasteiger partial charge in [0.05, 0.1) is 22.5 Å². The normalized spacial score (nSPS) is 11.4. The van der Waals surface area contributed by atoms with Crippen LogP contribution in [0.25, 0.3) is 5.69 Å². The summed E-state index contributed by atoms with van der Waals surface area (Å²) in [6, 6.07) is 3.64. The number of hydrogen-bond donors (Lipinski definition) is 3. The van der Waals surface area contributed by atoms with Crippen molar-refractivity contribution in [3.63, 3.8) is 0 Å². The van der Waals surface area contributed by atoms with Crippen molar-refractivity contribution < 1.29 is 52.5 Å². The van der Waals surface area contributed by atoms with Gasteiger partial charge in [0.1, 0.15) is 6.33 Å². The monoisotopic (exact) mass is 504 g/mol. The Bertz CT molecular complexity index is 1090. The first kappa shape index (κ1) is 23.7. The fourth-order valence-corrected chi connectivity index (χ4v) is 2.87. The van der Waals surface area contributed by atoms with Crippen molar-refractivity contribution >= 4 is 40.1 Å². The van der Waals surface area contributed by atoms with Crippen LogP contribution in [0.4, 0.5) is 16.6 Å².